The second-order valence-electron chi connectivity index (χ2n) is 4.23. The Balaban J connectivity index is 2.13. The second-order valence-corrected chi connectivity index (χ2v) is 5.04. The molecule has 18 heavy (non-hydrogen) atoms. The van der Waals surface area contributed by atoms with Crippen LogP contribution in [0.25, 0.3) is 0 Å². The molecule has 1 aromatic heterocycles. The number of halogens is 2. The SMILES string of the molecule is CNC(C)c1cnn(Cc2ccc(Cl)c(Cl)c2)c1. The molecule has 1 heterocycles. The Kier molecular flexibility index (Phi) is 4.27. The topological polar surface area (TPSA) is 29.9 Å². The zero-order chi connectivity index (χ0) is 13.1. The first-order valence-corrected chi connectivity index (χ1v) is 6.49. The van der Waals surface area contributed by atoms with Crippen molar-refractivity contribution in [2.24, 2.45) is 0 Å². The smallest absolute Gasteiger partial charge is 0.0660 e. The van der Waals surface area contributed by atoms with Crippen LogP contribution in [0.1, 0.15) is 24.1 Å². The van der Waals surface area contributed by atoms with Crippen LogP contribution in [0.4, 0.5) is 0 Å². The summed E-state index contributed by atoms with van der Waals surface area (Å²) in [5.74, 6) is 0. The number of hydrogen-bond donors (Lipinski definition) is 1. The molecule has 96 valence electrons. The standard InChI is InChI=1S/C13H15Cl2N3/c1-9(16-2)11-6-17-18(8-11)7-10-3-4-12(14)13(15)5-10/h3-6,8-9,16H,7H2,1-2H3. The number of nitrogens with zero attached hydrogens (tertiary/aromatic N) is 2. The summed E-state index contributed by atoms with van der Waals surface area (Å²) >= 11 is 11.9. The van der Waals surface area contributed by atoms with Gasteiger partial charge in [-0.05, 0) is 31.7 Å². The summed E-state index contributed by atoms with van der Waals surface area (Å²) in [6.07, 6.45) is 3.91. The van der Waals surface area contributed by atoms with Crippen LogP contribution in [0.2, 0.25) is 10.0 Å². The first-order valence-electron chi connectivity index (χ1n) is 5.73. The molecule has 0 saturated carbocycles. The predicted molar refractivity (Wildman–Crippen MR) is 75.3 cm³/mol. The van der Waals surface area contributed by atoms with Crippen LogP contribution in [-0.4, -0.2) is 16.8 Å². The molecule has 1 unspecified atom stereocenters. The van der Waals surface area contributed by atoms with Crippen molar-refractivity contribution in [3.63, 3.8) is 0 Å². The fourth-order valence-corrected chi connectivity index (χ4v) is 2.00. The van der Waals surface area contributed by atoms with E-state index in [0.717, 1.165) is 11.1 Å². The first kappa shape index (κ1) is 13.4. The van der Waals surface area contributed by atoms with Gasteiger partial charge in [0.15, 0.2) is 0 Å². The lowest BCUT2D eigenvalue weighted by Gasteiger charge is -2.06. The molecule has 1 N–H and O–H groups in total. The molecule has 0 aliphatic heterocycles. The third-order valence-electron chi connectivity index (χ3n) is 2.91. The van der Waals surface area contributed by atoms with Gasteiger partial charge in [-0.1, -0.05) is 29.3 Å². The number of benzene rings is 1. The highest BCUT2D eigenvalue weighted by Crippen LogP contribution is 2.23. The summed E-state index contributed by atoms with van der Waals surface area (Å²) in [5, 5.41) is 8.66. The molecule has 1 atom stereocenters. The molecule has 1 aromatic carbocycles. The Bertz CT molecular complexity index is 537. The van der Waals surface area contributed by atoms with Gasteiger partial charge in [-0.25, -0.2) is 0 Å². The van der Waals surface area contributed by atoms with Gasteiger partial charge in [0, 0.05) is 17.8 Å². The van der Waals surface area contributed by atoms with E-state index >= 15 is 0 Å². The minimum atomic E-state index is 0.299. The molecule has 0 amide bonds. The second kappa shape index (κ2) is 5.74. The van der Waals surface area contributed by atoms with Crippen LogP contribution in [0.3, 0.4) is 0 Å². The highest BCUT2D eigenvalue weighted by atomic mass is 35.5. The van der Waals surface area contributed by atoms with Crippen molar-refractivity contribution in [1.82, 2.24) is 15.1 Å². The van der Waals surface area contributed by atoms with Crippen LogP contribution >= 0.6 is 23.2 Å². The number of rotatable bonds is 4. The fraction of sp³-hybridized carbons (Fsp3) is 0.308. The molecule has 0 radical (unpaired) electrons. The van der Waals surface area contributed by atoms with Crippen molar-refractivity contribution in [2.75, 3.05) is 7.05 Å². The Morgan fingerprint density at radius 3 is 2.78 bits per heavy atom. The van der Waals surface area contributed by atoms with Crippen LogP contribution in [0.5, 0.6) is 0 Å². The largest absolute Gasteiger partial charge is 0.313 e. The van der Waals surface area contributed by atoms with Gasteiger partial charge in [0.05, 0.1) is 22.8 Å². The number of hydrogen-bond acceptors (Lipinski definition) is 2. The minimum Gasteiger partial charge on any atom is -0.313 e. The normalized spacial score (nSPS) is 12.7. The molecule has 0 fully saturated rings. The zero-order valence-electron chi connectivity index (χ0n) is 10.3. The number of nitrogens with one attached hydrogen (secondary N) is 1. The van der Waals surface area contributed by atoms with Crippen molar-refractivity contribution < 1.29 is 0 Å². The Morgan fingerprint density at radius 2 is 2.11 bits per heavy atom. The van der Waals surface area contributed by atoms with E-state index in [1.807, 2.05) is 36.3 Å². The maximum Gasteiger partial charge on any atom is 0.0660 e. The molecule has 3 nitrogen and oxygen atoms in total. The first-order chi connectivity index (χ1) is 8.60. The van der Waals surface area contributed by atoms with Crippen molar-refractivity contribution >= 4 is 23.2 Å². The van der Waals surface area contributed by atoms with E-state index in [4.69, 9.17) is 23.2 Å². The average Bonchev–Trinajstić information content (AvgIpc) is 2.81. The predicted octanol–water partition coefficient (Wildman–Crippen LogP) is 3.52. The molecule has 0 spiro atoms. The van der Waals surface area contributed by atoms with Gasteiger partial charge in [0.1, 0.15) is 0 Å². The third-order valence-corrected chi connectivity index (χ3v) is 3.65. The van der Waals surface area contributed by atoms with Crippen molar-refractivity contribution in [3.8, 4) is 0 Å². The molecule has 2 rings (SSSR count). The van der Waals surface area contributed by atoms with E-state index in [-0.39, 0.29) is 0 Å². The number of aromatic nitrogens is 2. The van der Waals surface area contributed by atoms with Crippen molar-refractivity contribution in [1.29, 1.82) is 0 Å². The quantitative estimate of drug-likeness (QED) is 0.931. The monoisotopic (exact) mass is 283 g/mol. The molecule has 0 saturated heterocycles. The highest BCUT2D eigenvalue weighted by molar-refractivity contribution is 6.42. The fourth-order valence-electron chi connectivity index (χ4n) is 1.68. The summed E-state index contributed by atoms with van der Waals surface area (Å²) < 4.78 is 1.89. The Labute approximate surface area is 117 Å². The molecule has 5 heteroatoms. The minimum absolute atomic E-state index is 0.299. The Hall–Kier alpha value is -1.03. The van der Waals surface area contributed by atoms with Gasteiger partial charge in [0.2, 0.25) is 0 Å². The van der Waals surface area contributed by atoms with Gasteiger partial charge < -0.3 is 5.32 Å². The van der Waals surface area contributed by atoms with Crippen LogP contribution in [-0.2, 0) is 6.54 Å². The van der Waals surface area contributed by atoms with E-state index in [2.05, 4.69) is 17.3 Å². The molecule has 0 aliphatic carbocycles. The Morgan fingerprint density at radius 1 is 1.33 bits per heavy atom. The summed E-state index contributed by atoms with van der Waals surface area (Å²) in [4.78, 5) is 0. The highest BCUT2D eigenvalue weighted by Gasteiger charge is 2.06. The van der Waals surface area contributed by atoms with E-state index in [1.54, 1.807) is 6.07 Å². The summed E-state index contributed by atoms with van der Waals surface area (Å²) in [7, 11) is 1.93. The molecular weight excluding hydrogens is 269 g/mol. The summed E-state index contributed by atoms with van der Waals surface area (Å²) in [5.41, 5.74) is 2.24. The maximum absolute atomic E-state index is 5.99. The van der Waals surface area contributed by atoms with E-state index < -0.39 is 0 Å². The molecule has 0 bridgehead atoms. The summed E-state index contributed by atoms with van der Waals surface area (Å²) in [6.45, 7) is 2.79. The third kappa shape index (κ3) is 3.05. The maximum atomic E-state index is 5.99. The van der Waals surface area contributed by atoms with Crippen molar-refractivity contribution in [2.45, 2.75) is 19.5 Å². The summed E-state index contributed by atoms with van der Waals surface area (Å²) in [6, 6.07) is 5.93. The van der Waals surface area contributed by atoms with E-state index in [0.29, 0.717) is 22.6 Å². The van der Waals surface area contributed by atoms with E-state index in [1.165, 1.54) is 0 Å². The lowest BCUT2D eigenvalue weighted by molar-refractivity contribution is 0.646. The molecule has 0 aliphatic rings. The van der Waals surface area contributed by atoms with Gasteiger partial charge in [-0.2, -0.15) is 5.10 Å². The van der Waals surface area contributed by atoms with Crippen molar-refractivity contribution in [3.05, 3.63) is 51.8 Å². The lowest BCUT2D eigenvalue weighted by atomic mass is 10.2. The lowest BCUT2D eigenvalue weighted by Crippen LogP contribution is -2.11. The van der Waals surface area contributed by atoms with Crippen LogP contribution < -0.4 is 5.32 Å². The van der Waals surface area contributed by atoms with Gasteiger partial charge in [0.25, 0.3) is 0 Å². The zero-order valence-corrected chi connectivity index (χ0v) is 11.8. The van der Waals surface area contributed by atoms with Gasteiger partial charge in [-0.3, -0.25) is 4.68 Å². The van der Waals surface area contributed by atoms with Gasteiger partial charge in [-0.15, -0.1) is 0 Å². The van der Waals surface area contributed by atoms with Crippen LogP contribution in [0, 0.1) is 0 Å². The average molecular weight is 284 g/mol. The van der Waals surface area contributed by atoms with Crippen LogP contribution in [0.15, 0.2) is 30.6 Å². The van der Waals surface area contributed by atoms with Gasteiger partial charge >= 0.3 is 0 Å². The molecular formula is C13H15Cl2N3. The van der Waals surface area contributed by atoms with E-state index in [9.17, 15) is 0 Å². The molecule has 2 aromatic rings.